The molecule has 1 amide bonds. The molecule has 1 rings (SSSR count). The Morgan fingerprint density at radius 1 is 1.56 bits per heavy atom. The molecule has 1 aliphatic carbocycles. The fourth-order valence-corrected chi connectivity index (χ4v) is 1.51. The first-order valence-corrected chi connectivity index (χ1v) is 6.38. The number of hydrogen-bond acceptors (Lipinski definition) is 4. The van der Waals surface area contributed by atoms with Gasteiger partial charge >= 0.3 is 0 Å². The molecule has 6 nitrogen and oxygen atoms in total. The van der Waals surface area contributed by atoms with Gasteiger partial charge in [-0.3, -0.25) is 4.79 Å². The highest BCUT2D eigenvalue weighted by Gasteiger charge is 2.26. The zero-order valence-corrected chi connectivity index (χ0v) is 11.4. The Morgan fingerprint density at radius 2 is 2.17 bits per heavy atom. The van der Waals surface area contributed by atoms with Gasteiger partial charge in [0.2, 0.25) is 5.91 Å². The maximum absolute atomic E-state index is 11.7. The first-order valence-electron chi connectivity index (χ1n) is 6.38. The molecule has 1 unspecified atom stereocenters. The van der Waals surface area contributed by atoms with E-state index in [9.17, 15) is 4.79 Å². The maximum Gasteiger partial charge on any atom is 0.237 e. The summed E-state index contributed by atoms with van der Waals surface area (Å²) in [7, 11) is 0. The third-order valence-electron chi connectivity index (χ3n) is 3.32. The van der Waals surface area contributed by atoms with Gasteiger partial charge in [-0.25, -0.2) is 0 Å². The van der Waals surface area contributed by atoms with Crippen molar-refractivity contribution in [3.8, 4) is 0 Å². The highest BCUT2D eigenvalue weighted by atomic mass is 16.4. The molecule has 1 atom stereocenters. The van der Waals surface area contributed by atoms with E-state index in [0.717, 1.165) is 12.8 Å². The molecule has 6 heteroatoms. The molecule has 0 spiro atoms. The van der Waals surface area contributed by atoms with Gasteiger partial charge in [-0.05, 0) is 32.7 Å². The standard InChI is InChI=1S/C12H24N4O2/c1-8(10(17)15-9-4-5-9)14-7-6-12(2,3)11(13)16-18/h8-9,14,18H,4-7H2,1-3H3,(H2,13,16)(H,15,17). The summed E-state index contributed by atoms with van der Waals surface area (Å²) in [6.45, 7) is 6.29. The normalized spacial score (nSPS) is 18.5. The van der Waals surface area contributed by atoms with Gasteiger partial charge in [0.15, 0.2) is 0 Å². The van der Waals surface area contributed by atoms with Crippen LogP contribution in [-0.4, -0.2) is 35.6 Å². The van der Waals surface area contributed by atoms with Crippen LogP contribution in [0.2, 0.25) is 0 Å². The molecular formula is C12H24N4O2. The van der Waals surface area contributed by atoms with Gasteiger partial charge < -0.3 is 21.6 Å². The molecule has 0 bridgehead atoms. The number of nitrogens with zero attached hydrogens (tertiary/aromatic N) is 1. The fraction of sp³-hybridized carbons (Fsp3) is 0.833. The number of hydrogen-bond donors (Lipinski definition) is 4. The summed E-state index contributed by atoms with van der Waals surface area (Å²) < 4.78 is 0. The van der Waals surface area contributed by atoms with Crippen LogP contribution in [0.15, 0.2) is 5.16 Å². The topological polar surface area (TPSA) is 99.7 Å². The van der Waals surface area contributed by atoms with Crippen LogP contribution in [0.25, 0.3) is 0 Å². The summed E-state index contributed by atoms with van der Waals surface area (Å²) >= 11 is 0. The largest absolute Gasteiger partial charge is 0.409 e. The van der Waals surface area contributed by atoms with E-state index in [1.54, 1.807) is 0 Å². The van der Waals surface area contributed by atoms with Gasteiger partial charge in [-0.1, -0.05) is 19.0 Å². The SMILES string of the molecule is CC(NCCC(C)(C)C(N)=NO)C(=O)NC1CC1. The van der Waals surface area contributed by atoms with Crippen LogP contribution in [0.4, 0.5) is 0 Å². The molecule has 0 saturated heterocycles. The van der Waals surface area contributed by atoms with Gasteiger partial charge in [0.05, 0.1) is 6.04 Å². The second kappa shape index (κ2) is 6.04. The van der Waals surface area contributed by atoms with Crippen molar-refractivity contribution in [2.45, 2.75) is 52.1 Å². The first kappa shape index (κ1) is 14.8. The van der Waals surface area contributed by atoms with E-state index in [0.29, 0.717) is 19.0 Å². The van der Waals surface area contributed by atoms with Gasteiger partial charge in [-0.15, -0.1) is 0 Å². The average molecular weight is 256 g/mol. The maximum atomic E-state index is 11.7. The van der Waals surface area contributed by atoms with E-state index in [2.05, 4.69) is 15.8 Å². The van der Waals surface area contributed by atoms with Crippen LogP contribution in [0, 0.1) is 5.41 Å². The molecule has 0 aliphatic heterocycles. The van der Waals surface area contributed by atoms with Gasteiger partial charge in [0.25, 0.3) is 0 Å². The molecule has 0 aromatic rings. The van der Waals surface area contributed by atoms with Crippen molar-refractivity contribution in [1.29, 1.82) is 0 Å². The van der Waals surface area contributed by atoms with E-state index in [1.165, 1.54) is 0 Å². The van der Waals surface area contributed by atoms with Crippen molar-refractivity contribution in [1.82, 2.24) is 10.6 Å². The molecule has 0 aromatic heterocycles. The van der Waals surface area contributed by atoms with E-state index in [4.69, 9.17) is 10.9 Å². The third kappa shape index (κ3) is 4.52. The second-order valence-electron chi connectivity index (χ2n) is 5.58. The summed E-state index contributed by atoms with van der Waals surface area (Å²) in [5.41, 5.74) is 5.21. The van der Waals surface area contributed by atoms with Crippen LogP contribution in [0.3, 0.4) is 0 Å². The zero-order valence-electron chi connectivity index (χ0n) is 11.4. The molecule has 1 fully saturated rings. The molecule has 0 aromatic carbocycles. The Labute approximate surface area is 108 Å². The smallest absolute Gasteiger partial charge is 0.237 e. The lowest BCUT2D eigenvalue weighted by Crippen LogP contribution is -2.44. The second-order valence-corrected chi connectivity index (χ2v) is 5.58. The summed E-state index contributed by atoms with van der Waals surface area (Å²) in [6, 6.07) is 0.170. The molecule has 5 N–H and O–H groups in total. The van der Waals surface area contributed by atoms with Crippen LogP contribution < -0.4 is 16.4 Å². The average Bonchev–Trinajstić information content (AvgIpc) is 3.11. The fourth-order valence-electron chi connectivity index (χ4n) is 1.51. The summed E-state index contributed by atoms with van der Waals surface area (Å²) in [6.07, 6.45) is 2.88. The molecule has 1 saturated carbocycles. The van der Waals surface area contributed by atoms with Crippen LogP contribution in [0.1, 0.15) is 40.0 Å². The van der Waals surface area contributed by atoms with Crippen LogP contribution in [0.5, 0.6) is 0 Å². The lowest BCUT2D eigenvalue weighted by Gasteiger charge is -2.24. The number of amides is 1. The summed E-state index contributed by atoms with van der Waals surface area (Å²) in [5, 5.41) is 17.8. The minimum atomic E-state index is -0.381. The van der Waals surface area contributed by atoms with Crippen LogP contribution >= 0.6 is 0 Å². The Morgan fingerprint density at radius 3 is 2.67 bits per heavy atom. The van der Waals surface area contributed by atoms with Crippen molar-refractivity contribution < 1.29 is 10.0 Å². The Kier molecular flexibility index (Phi) is 4.95. The summed E-state index contributed by atoms with van der Waals surface area (Å²) in [4.78, 5) is 11.7. The van der Waals surface area contributed by atoms with Gasteiger partial charge in [-0.2, -0.15) is 0 Å². The minimum absolute atomic E-state index is 0.0408. The highest BCUT2D eigenvalue weighted by Crippen LogP contribution is 2.20. The molecule has 104 valence electrons. The highest BCUT2D eigenvalue weighted by molar-refractivity contribution is 5.85. The number of carbonyl (C=O) groups excluding carboxylic acids is 1. The third-order valence-corrected chi connectivity index (χ3v) is 3.32. The van der Waals surface area contributed by atoms with E-state index >= 15 is 0 Å². The van der Waals surface area contributed by atoms with Crippen molar-refractivity contribution >= 4 is 11.7 Å². The van der Waals surface area contributed by atoms with Crippen molar-refractivity contribution in [3.05, 3.63) is 0 Å². The lowest BCUT2D eigenvalue weighted by atomic mass is 9.88. The van der Waals surface area contributed by atoms with Crippen molar-refractivity contribution in [3.63, 3.8) is 0 Å². The zero-order chi connectivity index (χ0) is 13.8. The lowest BCUT2D eigenvalue weighted by molar-refractivity contribution is -0.122. The number of carbonyl (C=O) groups is 1. The van der Waals surface area contributed by atoms with Crippen molar-refractivity contribution in [2.75, 3.05) is 6.54 Å². The molecule has 0 radical (unpaired) electrons. The molecular weight excluding hydrogens is 232 g/mol. The van der Waals surface area contributed by atoms with E-state index < -0.39 is 0 Å². The molecule has 1 aliphatic rings. The monoisotopic (exact) mass is 256 g/mol. The number of rotatable bonds is 7. The quantitative estimate of drug-likeness (QED) is 0.229. The minimum Gasteiger partial charge on any atom is -0.409 e. The first-order chi connectivity index (χ1) is 8.36. The predicted molar refractivity (Wildman–Crippen MR) is 70.4 cm³/mol. The predicted octanol–water partition coefficient (Wildman–Crippen LogP) is 0.406. The Bertz CT molecular complexity index is 324. The number of nitrogens with two attached hydrogens (primary N) is 1. The Hall–Kier alpha value is -1.30. The Balaban J connectivity index is 2.25. The van der Waals surface area contributed by atoms with E-state index in [-0.39, 0.29) is 23.2 Å². The van der Waals surface area contributed by atoms with Gasteiger partial charge in [0, 0.05) is 11.5 Å². The van der Waals surface area contributed by atoms with Crippen LogP contribution in [-0.2, 0) is 4.79 Å². The summed E-state index contributed by atoms with van der Waals surface area (Å²) in [5.74, 6) is 0.249. The van der Waals surface area contributed by atoms with E-state index in [1.807, 2.05) is 20.8 Å². The van der Waals surface area contributed by atoms with Gasteiger partial charge in [0.1, 0.15) is 5.84 Å². The molecule has 0 heterocycles. The number of oxime groups is 1. The number of nitrogens with one attached hydrogen (secondary N) is 2. The molecule has 18 heavy (non-hydrogen) atoms. The number of amidine groups is 1. The van der Waals surface area contributed by atoms with Crippen molar-refractivity contribution in [2.24, 2.45) is 16.3 Å².